The first-order valence-electron chi connectivity index (χ1n) is 10.9. The molecule has 0 aliphatic heterocycles. The number of thiazole rings is 1. The van der Waals surface area contributed by atoms with E-state index >= 15 is 0 Å². The van der Waals surface area contributed by atoms with Gasteiger partial charge in [-0.2, -0.15) is 0 Å². The SMILES string of the molecule is CC(CCC(=O)O)Oc1ccc(CC(=O)Nc2ncc(SCc3ncc(C(C)(C)C)o3)s2)cc1. The molecule has 182 valence electrons. The van der Waals surface area contributed by atoms with Crippen LogP contribution in [0.4, 0.5) is 5.13 Å². The Morgan fingerprint density at radius 1 is 1.21 bits per heavy atom. The van der Waals surface area contributed by atoms with Crippen molar-refractivity contribution < 1.29 is 23.8 Å². The molecule has 2 N–H and O–H groups in total. The number of carboxylic acids is 1. The number of carbonyl (C=O) groups is 2. The van der Waals surface area contributed by atoms with Crippen molar-refractivity contribution in [3.8, 4) is 5.75 Å². The molecule has 2 aromatic heterocycles. The van der Waals surface area contributed by atoms with E-state index in [1.807, 2.05) is 19.1 Å². The lowest BCUT2D eigenvalue weighted by Gasteiger charge is -2.14. The normalized spacial score (nSPS) is 12.4. The standard InChI is InChI=1S/C24H29N3O5S2/c1-15(5-10-21(29)30)31-17-8-6-16(7-9-17)11-19(28)27-23-26-13-22(34-23)33-14-20-25-12-18(32-20)24(2,3)4/h6-9,12-13,15H,5,10-11,14H2,1-4H3,(H,29,30)(H,26,27,28). The first-order valence-corrected chi connectivity index (χ1v) is 12.7. The number of thioether (sulfide) groups is 1. The van der Waals surface area contributed by atoms with Gasteiger partial charge in [0.05, 0.1) is 34.9 Å². The summed E-state index contributed by atoms with van der Waals surface area (Å²) in [6, 6.07) is 7.21. The molecule has 0 fully saturated rings. The highest BCUT2D eigenvalue weighted by molar-refractivity contribution is 8.00. The van der Waals surface area contributed by atoms with Crippen LogP contribution in [0.15, 0.2) is 45.3 Å². The van der Waals surface area contributed by atoms with Crippen molar-refractivity contribution in [2.75, 3.05) is 5.32 Å². The lowest BCUT2D eigenvalue weighted by molar-refractivity contribution is -0.137. The summed E-state index contributed by atoms with van der Waals surface area (Å²) in [5.41, 5.74) is 0.763. The van der Waals surface area contributed by atoms with E-state index in [-0.39, 0.29) is 30.3 Å². The number of aromatic nitrogens is 2. The highest BCUT2D eigenvalue weighted by Gasteiger charge is 2.19. The lowest BCUT2D eigenvalue weighted by Crippen LogP contribution is -2.15. The number of carbonyl (C=O) groups excluding carboxylic acids is 1. The number of amides is 1. The molecule has 0 radical (unpaired) electrons. The Morgan fingerprint density at radius 2 is 1.94 bits per heavy atom. The summed E-state index contributed by atoms with van der Waals surface area (Å²) in [7, 11) is 0. The highest BCUT2D eigenvalue weighted by Crippen LogP contribution is 2.31. The Labute approximate surface area is 207 Å². The third-order valence-corrected chi connectivity index (χ3v) is 6.84. The van der Waals surface area contributed by atoms with Crippen molar-refractivity contribution in [1.82, 2.24) is 9.97 Å². The van der Waals surface area contributed by atoms with Crippen LogP contribution in [0, 0.1) is 0 Å². The largest absolute Gasteiger partial charge is 0.491 e. The number of carboxylic acid groups (broad SMARTS) is 1. The molecule has 3 rings (SSSR count). The summed E-state index contributed by atoms with van der Waals surface area (Å²) in [6.07, 6.45) is 4.01. The average Bonchev–Trinajstić information content (AvgIpc) is 3.41. The van der Waals surface area contributed by atoms with Gasteiger partial charge in [0.15, 0.2) is 5.13 Å². The summed E-state index contributed by atoms with van der Waals surface area (Å²) in [5, 5.41) is 12.1. The molecule has 1 atom stereocenters. The smallest absolute Gasteiger partial charge is 0.303 e. The van der Waals surface area contributed by atoms with E-state index in [4.69, 9.17) is 14.3 Å². The zero-order valence-corrected chi connectivity index (χ0v) is 21.3. The van der Waals surface area contributed by atoms with Gasteiger partial charge >= 0.3 is 5.97 Å². The van der Waals surface area contributed by atoms with E-state index in [1.54, 1.807) is 36.3 Å². The number of aliphatic carboxylic acids is 1. The molecule has 0 spiro atoms. The molecule has 3 aromatic rings. The van der Waals surface area contributed by atoms with Crippen LogP contribution in [0.5, 0.6) is 5.75 Å². The number of ether oxygens (including phenoxy) is 1. The molecular formula is C24H29N3O5S2. The average molecular weight is 504 g/mol. The number of nitrogens with zero attached hydrogens (tertiary/aromatic N) is 2. The van der Waals surface area contributed by atoms with Crippen molar-refractivity contribution in [2.24, 2.45) is 0 Å². The van der Waals surface area contributed by atoms with Gasteiger partial charge < -0.3 is 19.6 Å². The first-order chi connectivity index (χ1) is 16.1. The lowest BCUT2D eigenvalue weighted by atomic mass is 9.94. The maximum Gasteiger partial charge on any atom is 0.303 e. The number of nitrogens with one attached hydrogen (secondary N) is 1. The van der Waals surface area contributed by atoms with Crippen LogP contribution >= 0.6 is 23.1 Å². The van der Waals surface area contributed by atoms with E-state index in [0.29, 0.717) is 28.9 Å². The Morgan fingerprint density at radius 3 is 2.59 bits per heavy atom. The predicted molar refractivity (Wildman–Crippen MR) is 133 cm³/mol. The van der Waals surface area contributed by atoms with Gasteiger partial charge in [-0.3, -0.25) is 9.59 Å². The fourth-order valence-corrected chi connectivity index (χ4v) is 4.64. The number of rotatable bonds is 11. The number of oxazole rings is 1. The second kappa shape index (κ2) is 11.5. The molecule has 34 heavy (non-hydrogen) atoms. The van der Waals surface area contributed by atoms with Crippen LogP contribution in [0.3, 0.4) is 0 Å². The van der Waals surface area contributed by atoms with Crippen molar-refractivity contribution in [2.45, 2.75) is 68.4 Å². The molecule has 0 saturated carbocycles. The zero-order valence-electron chi connectivity index (χ0n) is 19.7. The van der Waals surface area contributed by atoms with E-state index in [1.165, 1.54) is 11.3 Å². The van der Waals surface area contributed by atoms with Gasteiger partial charge in [0.25, 0.3) is 0 Å². The first kappa shape index (κ1) is 25.8. The third kappa shape index (κ3) is 8.18. The minimum atomic E-state index is -0.841. The van der Waals surface area contributed by atoms with Crippen LogP contribution in [-0.4, -0.2) is 33.1 Å². The monoisotopic (exact) mass is 503 g/mol. The van der Waals surface area contributed by atoms with E-state index in [0.717, 1.165) is 15.5 Å². The Kier molecular flexibility index (Phi) is 8.73. The summed E-state index contributed by atoms with van der Waals surface area (Å²) in [4.78, 5) is 31.7. The Balaban J connectivity index is 1.44. The summed E-state index contributed by atoms with van der Waals surface area (Å²) in [5.74, 6) is 1.76. The molecule has 1 unspecified atom stereocenters. The maximum absolute atomic E-state index is 12.4. The van der Waals surface area contributed by atoms with Gasteiger partial charge in [-0.1, -0.05) is 44.2 Å². The van der Waals surface area contributed by atoms with Crippen LogP contribution in [0.1, 0.15) is 57.8 Å². The third-order valence-electron chi connectivity index (χ3n) is 4.75. The molecule has 1 aromatic carbocycles. The van der Waals surface area contributed by atoms with E-state index in [9.17, 15) is 9.59 Å². The van der Waals surface area contributed by atoms with Crippen molar-refractivity contribution in [1.29, 1.82) is 0 Å². The molecule has 0 saturated heterocycles. The number of anilines is 1. The maximum atomic E-state index is 12.4. The van der Waals surface area contributed by atoms with Crippen molar-refractivity contribution >= 4 is 40.1 Å². The minimum absolute atomic E-state index is 0.0638. The predicted octanol–water partition coefficient (Wildman–Crippen LogP) is 5.53. The van der Waals surface area contributed by atoms with Crippen LogP contribution in [-0.2, 0) is 27.2 Å². The van der Waals surface area contributed by atoms with Gasteiger partial charge in [-0.05, 0) is 31.0 Å². The summed E-state index contributed by atoms with van der Waals surface area (Å²) in [6.45, 7) is 8.07. The second-order valence-corrected chi connectivity index (χ2v) is 11.2. The van der Waals surface area contributed by atoms with E-state index in [2.05, 4.69) is 36.1 Å². The van der Waals surface area contributed by atoms with E-state index < -0.39 is 5.97 Å². The van der Waals surface area contributed by atoms with Crippen LogP contribution in [0.2, 0.25) is 0 Å². The molecule has 0 aliphatic rings. The zero-order chi connectivity index (χ0) is 24.7. The van der Waals surface area contributed by atoms with Gasteiger partial charge in [0, 0.05) is 11.8 Å². The van der Waals surface area contributed by atoms with Gasteiger partial charge in [-0.25, -0.2) is 9.97 Å². The fourth-order valence-electron chi connectivity index (χ4n) is 2.89. The van der Waals surface area contributed by atoms with Crippen molar-refractivity contribution in [3.63, 3.8) is 0 Å². The topological polar surface area (TPSA) is 115 Å². The molecular weight excluding hydrogens is 474 g/mol. The van der Waals surface area contributed by atoms with Crippen LogP contribution < -0.4 is 10.1 Å². The minimum Gasteiger partial charge on any atom is -0.491 e. The molecule has 0 aliphatic carbocycles. The summed E-state index contributed by atoms with van der Waals surface area (Å²) >= 11 is 2.97. The Hall–Kier alpha value is -2.85. The molecule has 8 nitrogen and oxygen atoms in total. The second-order valence-electron chi connectivity index (χ2n) is 8.87. The van der Waals surface area contributed by atoms with Crippen LogP contribution in [0.25, 0.3) is 0 Å². The number of hydrogen-bond acceptors (Lipinski definition) is 8. The van der Waals surface area contributed by atoms with Crippen molar-refractivity contribution in [3.05, 3.63) is 53.9 Å². The molecule has 10 heteroatoms. The molecule has 1 amide bonds. The summed E-state index contributed by atoms with van der Waals surface area (Å²) < 4.78 is 12.5. The van der Waals surface area contributed by atoms with Gasteiger partial charge in [0.1, 0.15) is 11.5 Å². The Bertz CT molecular complexity index is 1100. The number of hydrogen-bond donors (Lipinski definition) is 2. The number of benzene rings is 1. The highest BCUT2D eigenvalue weighted by atomic mass is 32.2. The fraction of sp³-hybridized carbons (Fsp3) is 0.417. The molecule has 2 heterocycles. The van der Waals surface area contributed by atoms with Gasteiger partial charge in [0.2, 0.25) is 11.8 Å². The molecule has 0 bridgehead atoms. The van der Waals surface area contributed by atoms with Gasteiger partial charge in [-0.15, -0.1) is 11.8 Å². The quantitative estimate of drug-likeness (QED) is 0.328.